The Bertz CT molecular complexity index is 313. The van der Waals surface area contributed by atoms with Crippen LogP contribution in [0.2, 0.25) is 0 Å². The number of hydrogen-bond acceptors (Lipinski definition) is 3. The molecule has 0 aromatic heterocycles. The molecule has 0 aromatic carbocycles. The van der Waals surface area contributed by atoms with E-state index in [0.29, 0.717) is 18.7 Å². The van der Waals surface area contributed by atoms with Crippen molar-refractivity contribution in [3.05, 3.63) is 0 Å². The van der Waals surface area contributed by atoms with Crippen LogP contribution in [0.4, 0.5) is 0 Å². The molecule has 2 fully saturated rings. The molecule has 0 aromatic rings. The number of amides is 1. The van der Waals surface area contributed by atoms with E-state index in [9.17, 15) is 4.79 Å². The van der Waals surface area contributed by atoms with Gasteiger partial charge in [-0.1, -0.05) is 26.2 Å². The van der Waals surface area contributed by atoms with Gasteiger partial charge >= 0.3 is 0 Å². The number of rotatable bonds is 5. The van der Waals surface area contributed by atoms with E-state index < -0.39 is 0 Å². The Kier molecular flexibility index (Phi) is 4.85. The van der Waals surface area contributed by atoms with Crippen LogP contribution in [0.1, 0.15) is 52.4 Å². The van der Waals surface area contributed by atoms with Crippen LogP contribution in [0.5, 0.6) is 0 Å². The highest BCUT2D eigenvalue weighted by Gasteiger charge is 2.56. The smallest absolute Gasteiger partial charge is 0.224 e. The van der Waals surface area contributed by atoms with Crippen LogP contribution in [0.15, 0.2) is 0 Å². The summed E-state index contributed by atoms with van der Waals surface area (Å²) >= 11 is 0. The maximum atomic E-state index is 12.0. The van der Waals surface area contributed by atoms with Gasteiger partial charge in [-0.05, 0) is 26.2 Å². The van der Waals surface area contributed by atoms with Crippen LogP contribution < -0.4 is 11.1 Å². The summed E-state index contributed by atoms with van der Waals surface area (Å²) in [6.45, 7) is 5.13. The minimum absolute atomic E-state index is 0.0909. The quantitative estimate of drug-likeness (QED) is 0.799. The van der Waals surface area contributed by atoms with E-state index in [2.05, 4.69) is 12.2 Å². The molecule has 110 valence electrons. The van der Waals surface area contributed by atoms with Crippen molar-refractivity contribution in [2.45, 2.75) is 64.5 Å². The summed E-state index contributed by atoms with van der Waals surface area (Å²) in [6.07, 6.45) is 7.55. The van der Waals surface area contributed by atoms with E-state index in [1.165, 1.54) is 32.1 Å². The Hall–Kier alpha value is -0.610. The van der Waals surface area contributed by atoms with Crippen molar-refractivity contribution in [3.63, 3.8) is 0 Å². The summed E-state index contributed by atoms with van der Waals surface area (Å²) in [5.41, 5.74) is 5.77. The molecule has 0 bridgehead atoms. The Morgan fingerprint density at radius 3 is 2.68 bits per heavy atom. The van der Waals surface area contributed by atoms with Crippen LogP contribution >= 0.6 is 0 Å². The summed E-state index contributed by atoms with van der Waals surface area (Å²) < 4.78 is 5.89. The molecule has 0 saturated heterocycles. The van der Waals surface area contributed by atoms with Gasteiger partial charge in [0.2, 0.25) is 5.91 Å². The molecule has 2 aliphatic carbocycles. The van der Waals surface area contributed by atoms with Crippen molar-refractivity contribution in [2.24, 2.45) is 17.1 Å². The number of ether oxygens (including phenoxy) is 1. The van der Waals surface area contributed by atoms with E-state index in [4.69, 9.17) is 10.5 Å². The molecule has 2 saturated carbocycles. The van der Waals surface area contributed by atoms with Gasteiger partial charge in [0, 0.05) is 30.5 Å². The van der Waals surface area contributed by atoms with Gasteiger partial charge in [0.05, 0.1) is 6.10 Å². The van der Waals surface area contributed by atoms with Crippen LogP contribution in [-0.4, -0.2) is 31.2 Å². The van der Waals surface area contributed by atoms with Crippen molar-refractivity contribution in [1.29, 1.82) is 0 Å². The molecular formula is C15H28N2O2. The Balaban J connectivity index is 1.99. The second-order valence-corrected chi connectivity index (χ2v) is 6.17. The summed E-state index contributed by atoms with van der Waals surface area (Å²) in [5, 5.41) is 3.22. The summed E-state index contributed by atoms with van der Waals surface area (Å²) in [6, 6.07) is 0.297. The van der Waals surface area contributed by atoms with Crippen molar-refractivity contribution in [3.8, 4) is 0 Å². The molecule has 2 rings (SSSR count). The van der Waals surface area contributed by atoms with Gasteiger partial charge in [-0.15, -0.1) is 0 Å². The normalized spacial score (nSPS) is 30.7. The maximum absolute atomic E-state index is 12.0. The average molecular weight is 268 g/mol. The third-order valence-corrected chi connectivity index (χ3v) is 5.05. The van der Waals surface area contributed by atoms with Crippen molar-refractivity contribution >= 4 is 5.91 Å². The summed E-state index contributed by atoms with van der Waals surface area (Å²) in [7, 11) is 0. The highest BCUT2D eigenvalue weighted by molar-refractivity contribution is 5.79. The lowest BCUT2D eigenvalue weighted by Crippen LogP contribution is -2.66. The largest absolute Gasteiger partial charge is 0.378 e. The van der Waals surface area contributed by atoms with Crippen LogP contribution in [0, 0.1) is 11.3 Å². The highest BCUT2D eigenvalue weighted by Crippen LogP contribution is 2.53. The predicted molar refractivity (Wildman–Crippen MR) is 75.7 cm³/mol. The molecule has 1 amide bonds. The van der Waals surface area contributed by atoms with E-state index >= 15 is 0 Å². The Labute approximate surface area is 116 Å². The molecule has 19 heavy (non-hydrogen) atoms. The second-order valence-electron chi connectivity index (χ2n) is 6.17. The van der Waals surface area contributed by atoms with Crippen molar-refractivity contribution in [2.75, 3.05) is 13.2 Å². The maximum Gasteiger partial charge on any atom is 0.224 e. The molecule has 0 heterocycles. The van der Waals surface area contributed by atoms with Gasteiger partial charge in [0.25, 0.3) is 0 Å². The van der Waals surface area contributed by atoms with Gasteiger partial charge in [-0.3, -0.25) is 4.79 Å². The SMILES string of the molecule is CCOC1CC(NC(=O)C(C)CN)C12CCCCC2. The molecule has 3 atom stereocenters. The molecule has 0 aliphatic heterocycles. The zero-order valence-corrected chi connectivity index (χ0v) is 12.3. The van der Waals surface area contributed by atoms with Gasteiger partial charge in [0.1, 0.15) is 0 Å². The number of hydrogen-bond donors (Lipinski definition) is 2. The van der Waals surface area contributed by atoms with Crippen LogP contribution in [0.25, 0.3) is 0 Å². The highest BCUT2D eigenvalue weighted by atomic mass is 16.5. The Morgan fingerprint density at radius 2 is 2.11 bits per heavy atom. The predicted octanol–water partition coefficient (Wildman–Crippen LogP) is 1.83. The summed E-state index contributed by atoms with van der Waals surface area (Å²) in [5.74, 6) is 0.0131. The lowest BCUT2D eigenvalue weighted by Gasteiger charge is -2.57. The van der Waals surface area contributed by atoms with E-state index in [1.807, 2.05) is 6.92 Å². The molecule has 3 N–H and O–H groups in total. The minimum atomic E-state index is -0.0909. The third kappa shape index (κ3) is 2.79. The molecule has 0 radical (unpaired) electrons. The molecule has 3 unspecified atom stereocenters. The Morgan fingerprint density at radius 1 is 1.42 bits per heavy atom. The fraction of sp³-hybridized carbons (Fsp3) is 0.933. The fourth-order valence-electron chi connectivity index (χ4n) is 3.69. The van der Waals surface area contributed by atoms with E-state index in [1.54, 1.807) is 0 Å². The number of carbonyl (C=O) groups excluding carboxylic acids is 1. The number of nitrogens with two attached hydrogens (primary N) is 1. The molecule has 2 aliphatic rings. The molecule has 4 nitrogen and oxygen atoms in total. The molecule has 1 spiro atoms. The van der Waals surface area contributed by atoms with Gasteiger partial charge in [-0.2, -0.15) is 0 Å². The zero-order chi connectivity index (χ0) is 13.9. The number of nitrogens with one attached hydrogen (secondary N) is 1. The van der Waals surface area contributed by atoms with Crippen molar-refractivity contribution < 1.29 is 9.53 Å². The lowest BCUT2D eigenvalue weighted by molar-refractivity contribution is -0.158. The monoisotopic (exact) mass is 268 g/mol. The van der Waals surface area contributed by atoms with Crippen molar-refractivity contribution in [1.82, 2.24) is 5.32 Å². The van der Waals surface area contributed by atoms with Gasteiger partial charge in [0.15, 0.2) is 0 Å². The third-order valence-electron chi connectivity index (χ3n) is 5.05. The first-order valence-corrected chi connectivity index (χ1v) is 7.76. The van der Waals surface area contributed by atoms with Crippen LogP contribution in [-0.2, 0) is 9.53 Å². The average Bonchev–Trinajstić information content (AvgIpc) is 2.46. The van der Waals surface area contributed by atoms with Gasteiger partial charge < -0.3 is 15.8 Å². The lowest BCUT2D eigenvalue weighted by atomic mass is 9.55. The summed E-state index contributed by atoms with van der Waals surface area (Å²) in [4.78, 5) is 12.0. The van der Waals surface area contributed by atoms with Crippen LogP contribution in [0.3, 0.4) is 0 Å². The first-order valence-electron chi connectivity index (χ1n) is 7.76. The number of carbonyl (C=O) groups is 1. The van der Waals surface area contributed by atoms with Gasteiger partial charge in [-0.25, -0.2) is 0 Å². The molecular weight excluding hydrogens is 240 g/mol. The van der Waals surface area contributed by atoms with E-state index in [-0.39, 0.29) is 17.2 Å². The first-order chi connectivity index (χ1) is 9.14. The molecule has 4 heteroatoms. The standard InChI is InChI=1S/C15H28N2O2/c1-3-19-13-9-12(17-14(18)11(2)10-16)15(13)7-5-4-6-8-15/h11-13H,3-10,16H2,1-2H3,(H,17,18). The topological polar surface area (TPSA) is 64.3 Å². The zero-order valence-electron chi connectivity index (χ0n) is 12.3. The fourth-order valence-corrected chi connectivity index (χ4v) is 3.69. The minimum Gasteiger partial charge on any atom is -0.378 e. The van der Waals surface area contributed by atoms with E-state index in [0.717, 1.165) is 13.0 Å². The second kappa shape index (κ2) is 6.23. The first kappa shape index (κ1) is 14.8.